The van der Waals surface area contributed by atoms with Crippen LogP contribution in [0.25, 0.3) is 0 Å². The molecule has 1 saturated heterocycles. The van der Waals surface area contributed by atoms with Gasteiger partial charge in [-0.1, -0.05) is 6.07 Å². The first-order valence-electron chi connectivity index (χ1n) is 6.82. The fourth-order valence-corrected chi connectivity index (χ4v) is 3.67. The second-order valence-corrected chi connectivity index (χ2v) is 8.07. The molecule has 1 fully saturated rings. The SMILES string of the molecule is CC(C)(C)NCc1ccc(N2CCSCC2)c(Br)c1. The molecule has 1 aromatic carbocycles. The lowest BCUT2D eigenvalue weighted by atomic mass is 10.1. The normalized spacial score (nSPS) is 16.7. The lowest BCUT2D eigenvalue weighted by molar-refractivity contribution is 0.424. The molecule has 2 rings (SSSR count). The third-order valence-corrected chi connectivity index (χ3v) is 4.76. The Morgan fingerprint density at radius 2 is 1.95 bits per heavy atom. The van der Waals surface area contributed by atoms with Crippen LogP contribution in [-0.2, 0) is 6.54 Å². The van der Waals surface area contributed by atoms with Crippen molar-refractivity contribution < 1.29 is 0 Å². The molecule has 0 aliphatic carbocycles. The summed E-state index contributed by atoms with van der Waals surface area (Å²) in [5.74, 6) is 2.47. The maximum Gasteiger partial charge on any atom is 0.0511 e. The van der Waals surface area contributed by atoms with Crippen LogP contribution in [0.5, 0.6) is 0 Å². The summed E-state index contributed by atoms with van der Waals surface area (Å²) in [7, 11) is 0. The van der Waals surface area contributed by atoms with E-state index in [2.05, 4.69) is 65.1 Å². The molecule has 0 amide bonds. The number of nitrogens with zero attached hydrogens (tertiary/aromatic N) is 1. The van der Waals surface area contributed by atoms with Crippen molar-refractivity contribution in [1.82, 2.24) is 5.32 Å². The number of thioether (sulfide) groups is 1. The van der Waals surface area contributed by atoms with E-state index in [1.165, 1.54) is 27.2 Å². The van der Waals surface area contributed by atoms with Crippen LogP contribution in [-0.4, -0.2) is 30.1 Å². The minimum absolute atomic E-state index is 0.162. The van der Waals surface area contributed by atoms with E-state index in [1.54, 1.807) is 0 Å². The molecule has 0 saturated carbocycles. The summed E-state index contributed by atoms with van der Waals surface area (Å²) in [6.07, 6.45) is 0. The number of anilines is 1. The first kappa shape index (κ1) is 15.2. The van der Waals surface area contributed by atoms with Gasteiger partial charge < -0.3 is 10.2 Å². The molecule has 106 valence electrons. The average molecular weight is 343 g/mol. The maximum absolute atomic E-state index is 3.73. The predicted molar refractivity (Wildman–Crippen MR) is 90.3 cm³/mol. The molecule has 1 N–H and O–H groups in total. The van der Waals surface area contributed by atoms with Crippen LogP contribution in [0.1, 0.15) is 26.3 Å². The molecule has 4 heteroatoms. The number of halogens is 1. The Morgan fingerprint density at radius 3 is 2.53 bits per heavy atom. The van der Waals surface area contributed by atoms with Gasteiger partial charge in [0.15, 0.2) is 0 Å². The van der Waals surface area contributed by atoms with Gasteiger partial charge in [0, 0.05) is 41.2 Å². The molecule has 0 bridgehead atoms. The largest absolute Gasteiger partial charge is 0.369 e. The lowest BCUT2D eigenvalue weighted by Gasteiger charge is -2.29. The number of benzene rings is 1. The van der Waals surface area contributed by atoms with Crippen molar-refractivity contribution in [3.63, 3.8) is 0 Å². The Labute approximate surface area is 129 Å². The highest BCUT2D eigenvalue weighted by Gasteiger charge is 2.14. The maximum atomic E-state index is 3.73. The summed E-state index contributed by atoms with van der Waals surface area (Å²) >= 11 is 5.77. The summed E-state index contributed by atoms with van der Waals surface area (Å²) in [4.78, 5) is 2.47. The van der Waals surface area contributed by atoms with E-state index in [1.807, 2.05) is 11.8 Å². The second kappa shape index (κ2) is 6.51. The number of nitrogens with one attached hydrogen (secondary N) is 1. The summed E-state index contributed by atoms with van der Waals surface area (Å²) < 4.78 is 1.22. The van der Waals surface area contributed by atoms with Gasteiger partial charge in [-0.3, -0.25) is 0 Å². The molecule has 1 aromatic rings. The van der Waals surface area contributed by atoms with Gasteiger partial charge in [-0.15, -0.1) is 0 Å². The summed E-state index contributed by atoms with van der Waals surface area (Å²) in [5.41, 5.74) is 2.83. The Hall–Kier alpha value is -0.190. The van der Waals surface area contributed by atoms with Gasteiger partial charge >= 0.3 is 0 Å². The first-order chi connectivity index (χ1) is 8.96. The first-order valence-corrected chi connectivity index (χ1v) is 8.77. The van der Waals surface area contributed by atoms with Gasteiger partial charge in [0.1, 0.15) is 0 Å². The van der Waals surface area contributed by atoms with Crippen molar-refractivity contribution >= 4 is 33.4 Å². The standard InChI is InChI=1S/C15H23BrN2S/c1-15(2,3)17-11-12-4-5-14(13(16)10-12)18-6-8-19-9-7-18/h4-5,10,17H,6-9,11H2,1-3H3. The molecule has 0 unspecified atom stereocenters. The van der Waals surface area contributed by atoms with Gasteiger partial charge in [-0.25, -0.2) is 0 Å². The molecule has 1 aliphatic heterocycles. The lowest BCUT2D eigenvalue weighted by Crippen LogP contribution is -2.35. The minimum atomic E-state index is 0.162. The van der Waals surface area contributed by atoms with Crippen LogP contribution in [0.2, 0.25) is 0 Å². The van der Waals surface area contributed by atoms with Crippen LogP contribution in [0, 0.1) is 0 Å². The fourth-order valence-electron chi connectivity index (χ4n) is 2.09. The third kappa shape index (κ3) is 4.69. The molecular formula is C15H23BrN2S. The molecule has 0 aromatic heterocycles. The van der Waals surface area contributed by atoms with Crippen LogP contribution in [0.3, 0.4) is 0 Å². The Bertz CT molecular complexity index is 423. The van der Waals surface area contributed by atoms with E-state index in [0.29, 0.717) is 0 Å². The van der Waals surface area contributed by atoms with Crippen LogP contribution in [0.4, 0.5) is 5.69 Å². The van der Waals surface area contributed by atoms with Gasteiger partial charge in [-0.05, 0) is 54.4 Å². The summed E-state index contributed by atoms with van der Waals surface area (Å²) in [6, 6.07) is 6.73. The Morgan fingerprint density at radius 1 is 1.26 bits per heavy atom. The summed E-state index contributed by atoms with van der Waals surface area (Å²) in [5, 5.41) is 3.53. The zero-order valence-electron chi connectivity index (χ0n) is 12.0. The van der Waals surface area contributed by atoms with Gasteiger partial charge in [0.05, 0.1) is 5.69 Å². The fraction of sp³-hybridized carbons (Fsp3) is 0.600. The van der Waals surface area contributed by atoms with Gasteiger partial charge in [0.2, 0.25) is 0 Å². The topological polar surface area (TPSA) is 15.3 Å². The second-order valence-electron chi connectivity index (χ2n) is 5.99. The van der Waals surface area contributed by atoms with Crippen molar-refractivity contribution in [2.75, 3.05) is 29.5 Å². The van der Waals surface area contributed by atoms with Crippen LogP contribution in [0.15, 0.2) is 22.7 Å². The van der Waals surface area contributed by atoms with E-state index in [9.17, 15) is 0 Å². The molecule has 0 atom stereocenters. The van der Waals surface area contributed by atoms with E-state index < -0.39 is 0 Å². The molecular weight excluding hydrogens is 320 g/mol. The highest BCUT2D eigenvalue weighted by Crippen LogP contribution is 2.29. The highest BCUT2D eigenvalue weighted by atomic mass is 79.9. The quantitative estimate of drug-likeness (QED) is 0.896. The van der Waals surface area contributed by atoms with Crippen molar-refractivity contribution in [2.24, 2.45) is 0 Å². The highest BCUT2D eigenvalue weighted by molar-refractivity contribution is 9.10. The average Bonchev–Trinajstić information content (AvgIpc) is 2.37. The molecule has 1 aliphatic rings. The zero-order chi connectivity index (χ0) is 13.9. The van der Waals surface area contributed by atoms with E-state index in [0.717, 1.165) is 19.6 Å². The predicted octanol–water partition coefficient (Wildman–Crippen LogP) is 3.89. The van der Waals surface area contributed by atoms with Crippen molar-refractivity contribution in [2.45, 2.75) is 32.9 Å². The van der Waals surface area contributed by atoms with E-state index in [-0.39, 0.29) is 5.54 Å². The molecule has 0 radical (unpaired) electrons. The van der Waals surface area contributed by atoms with Crippen LogP contribution >= 0.6 is 27.7 Å². The minimum Gasteiger partial charge on any atom is -0.369 e. The van der Waals surface area contributed by atoms with E-state index in [4.69, 9.17) is 0 Å². The Balaban J connectivity index is 2.04. The van der Waals surface area contributed by atoms with Crippen molar-refractivity contribution in [3.8, 4) is 0 Å². The molecule has 1 heterocycles. The third-order valence-electron chi connectivity index (χ3n) is 3.19. The number of hydrogen-bond acceptors (Lipinski definition) is 3. The van der Waals surface area contributed by atoms with E-state index >= 15 is 0 Å². The summed E-state index contributed by atoms with van der Waals surface area (Å²) in [6.45, 7) is 9.81. The zero-order valence-corrected chi connectivity index (χ0v) is 14.4. The molecule has 0 spiro atoms. The Kier molecular flexibility index (Phi) is 5.21. The number of rotatable bonds is 3. The van der Waals surface area contributed by atoms with Gasteiger partial charge in [0.25, 0.3) is 0 Å². The van der Waals surface area contributed by atoms with Crippen LogP contribution < -0.4 is 10.2 Å². The molecule has 2 nitrogen and oxygen atoms in total. The van der Waals surface area contributed by atoms with Gasteiger partial charge in [-0.2, -0.15) is 11.8 Å². The number of hydrogen-bond donors (Lipinski definition) is 1. The smallest absolute Gasteiger partial charge is 0.0511 e. The van der Waals surface area contributed by atoms with Crippen molar-refractivity contribution in [3.05, 3.63) is 28.2 Å². The van der Waals surface area contributed by atoms with Crippen molar-refractivity contribution in [1.29, 1.82) is 0 Å². The molecule has 19 heavy (non-hydrogen) atoms. The monoisotopic (exact) mass is 342 g/mol.